The molecule has 9 heteroatoms. The van der Waals surface area contributed by atoms with Gasteiger partial charge in [-0.3, -0.25) is 4.79 Å². The molecule has 0 aliphatic carbocycles. The number of hydrogen-bond donors (Lipinski definition) is 0. The molecule has 2 aromatic carbocycles. The number of rotatable bonds is 9. The van der Waals surface area contributed by atoms with E-state index in [1.165, 1.54) is 18.0 Å². The third-order valence-corrected chi connectivity index (χ3v) is 5.09. The van der Waals surface area contributed by atoms with Crippen molar-refractivity contribution in [3.05, 3.63) is 62.6 Å². The molecule has 1 aromatic heterocycles. The lowest BCUT2D eigenvalue weighted by atomic mass is 10.2. The number of methoxy groups -OCH3 is 1. The summed E-state index contributed by atoms with van der Waals surface area (Å²) in [6.45, 7) is 5.25. The largest absolute Gasteiger partial charge is 0.493 e. The lowest BCUT2D eigenvalue weighted by Gasteiger charge is -2.14. The average Bonchev–Trinajstić information content (AvgIpc) is 2.78. The maximum Gasteiger partial charge on any atom is 0.344 e. The number of ether oxygens (including phenoxy) is 3. The Balaban J connectivity index is 2.02. The number of esters is 1. The molecule has 0 aliphatic heterocycles. The number of carbonyl (C=O) groups excluding carboxylic acids is 1. The van der Waals surface area contributed by atoms with E-state index in [-0.39, 0.29) is 18.3 Å². The van der Waals surface area contributed by atoms with Crippen molar-refractivity contribution in [1.29, 1.82) is 0 Å². The summed E-state index contributed by atoms with van der Waals surface area (Å²) >= 11 is 3.40. The molecule has 0 radical (unpaired) electrons. The summed E-state index contributed by atoms with van der Waals surface area (Å²) in [5.41, 5.74) is 0.884. The molecule has 33 heavy (non-hydrogen) atoms. The molecule has 0 N–H and O–H groups in total. The zero-order valence-corrected chi connectivity index (χ0v) is 20.6. The van der Waals surface area contributed by atoms with E-state index in [2.05, 4.69) is 26.0 Å². The van der Waals surface area contributed by atoms with E-state index < -0.39 is 5.97 Å². The Bertz CT molecular complexity index is 1240. The van der Waals surface area contributed by atoms with E-state index in [0.717, 1.165) is 10.9 Å². The van der Waals surface area contributed by atoms with Gasteiger partial charge in [0.1, 0.15) is 5.82 Å². The lowest BCUT2D eigenvalue weighted by Crippen LogP contribution is -2.22. The molecule has 3 aromatic rings. The summed E-state index contributed by atoms with van der Waals surface area (Å²) in [6, 6.07) is 10.6. The van der Waals surface area contributed by atoms with Gasteiger partial charge in [0.05, 0.1) is 30.3 Å². The standard InChI is InChI=1S/C24H26BrN3O5/c1-5-7-21-27-19-11-10-17(25)12-18(19)24(30)28(21)26-13-16-8-6-9-20(31-4)23(16)32-14-22(29)33-15(2)3/h6,8-13,15H,5,7,14H2,1-4H3. The number of nitrogens with zero attached hydrogens (tertiary/aromatic N) is 3. The van der Waals surface area contributed by atoms with Crippen LogP contribution in [0.15, 0.2) is 50.8 Å². The quantitative estimate of drug-likeness (QED) is 0.311. The summed E-state index contributed by atoms with van der Waals surface area (Å²) in [6.07, 6.45) is 2.64. The minimum Gasteiger partial charge on any atom is -0.493 e. The van der Waals surface area contributed by atoms with Crippen molar-refractivity contribution in [2.75, 3.05) is 13.7 Å². The second-order valence-electron chi connectivity index (χ2n) is 7.51. The number of para-hydroxylation sites is 1. The van der Waals surface area contributed by atoms with Gasteiger partial charge in [0.2, 0.25) is 0 Å². The molecule has 3 rings (SSSR count). The third-order valence-electron chi connectivity index (χ3n) is 4.59. The Morgan fingerprint density at radius 1 is 1.27 bits per heavy atom. The van der Waals surface area contributed by atoms with E-state index in [1.54, 1.807) is 44.2 Å². The smallest absolute Gasteiger partial charge is 0.344 e. The van der Waals surface area contributed by atoms with Crippen LogP contribution in [0.3, 0.4) is 0 Å². The summed E-state index contributed by atoms with van der Waals surface area (Å²) in [5, 5.41) is 4.89. The van der Waals surface area contributed by atoms with E-state index in [9.17, 15) is 9.59 Å². The van der Waals surface area contributed by atoms with Crippen LogP contribution in [0.1, 0.15) is 38.6 Å². The molecule has 174 valence electrons. The van der Waals surface area contributed by atoms with Crippen molar-refractivity contribution in [3.8, 4) is 11.5 Å². The Hall–Kier alpha value is -3.20. The zero-order chi connectivity index (χ0) is 24.0. The number of fused-ring (bicyclic) bond motifs is 1. The van der Waals surface area contributed by atoms with Gasteiger partial charge in [0.15, 0.2) is 18.1 Å². The first kappa shape index (κ1) is 24.4. The normalized spacial score (nSPS) is 11.3. The number of carbonyl (C=O) groups is 1. The van der Waals surface area contributed by atoms with Gasteiger partial charge < -0.3 is 14.2 Å². The molecule has 0 bridgehead atoms. The van der Waals surface area contributed by atoms with Crippen molar-refractivity contribution >= 4 is 39.0 Å². The number of benzene rings is 2. The van der Waals surface area contributed by atoms with Crippen LogP contribution in [0.2, 0.25) is 0 Å². The van der Waals surface area contributed by atoms with Crippen LogP contribution >= 0.6 is 15.9 Å². The van der Waals surface area contributed by atoms with Crippen LogP contribution in [0, 0.1) is 0 Å². The van der Waals surface area contributed by atoms with Crippen LogP contribution in [-0.4, -0.2) is 41.7 Å². The van der Waals surface area contributed by atoms with E-state index >= 15 is 0 Å². The van der Waals surface area contributed by atoms with Crippen molar-refractivity contribution in [3.63, 3.8) is 0 Å². The maximum atomic E-state index is 13.2. The van der Waals surface area contributed by atoms with Crippen molar-refractivity contribution in [2.45, 2.75) is 39.7 Å². The minimum atomic E-state index is -0.496. The first-order valence-corrected chi connectivity index (χ1v) is 11.4. The number of hydrogen-bond acceptors (Lipinski definition) is 7. The highest BCUT2D eigenvalue weighted by Crippen LogP contribution is 2.30. The molecular weight excluding hydrogens is 490 g/mol. The molecule has 0 aliphatic rings. The van der Waals surface area contributed by atoms with E-state index in [4.69, 9.17) is 14.2 Å². The van der Waals surface area contributed by atoms with Crippen LogP contribution in [0.5, 0.6) is 11.5 Å². The predicted octanol–water partition coefficient (Wildman–Crippen LogP) is 4.33. The molecule has 0 amide bonds. The first-order chi connectivity index (χ1) is 15.8. The molecule has 0 unspecified atom stereocenters. The fraction of sp³-hybridized carbons (Fsp3) is 0.333. The Morgan fingerprint density at radius 2 is 2.06 bits per heavy atom. The Morgan fingerprint density at radius 3 is 2.76 bits per heavy atom. The zero-order valence-electron chi connectivity index (χ0n) is 19.0. The SMILES string of the molecule is CCCc1nc2ccc(Br)cc2c(=O)n1N=Cc1cccc(OC)c1OCC(=O)OC(C)C. The van der Waals surface area contributed by atoms with E-state index in [0.29, 0.717) is 40.2 Å². The Labute approximate surface area is 200 Å². The van der Waals surface area contributed by atoms with Gasteiger partial charge in [-0.05, 0) is 50.6 Å². The van der Waals surface area contributed by atoms with Gasteiger partial charge in [-0.2, -0.15) is 9.78 Å². The highest BCUT2D eigenvalue weighted by atomic mass is 79.9. The van der Waals surface area contributed by atoms with Crippen LogP contribution < -0.4 is 15.0 Å². The summed E-state index contributed by atoms with van der Waals surface area (Å²) in [5.74, 6) is 0.813. The summed E-state index contributed by atoms with van der Waals surface area (Å²) in [4.78, 5) is 29.8. The summed E-state index contributed by atoms with van der Waals surface area (Å²) < 4.78 is 18.3. The van der Waals surface area contributed by atoms with Crippen LogP contribution in [0.4, 0.5) is 0 Å². The third kappa shape index (κ3) is 5.98. The van der Waals surface area contributed by atoms with Crippen molar-refractivity contribution in [1.82, 2.24) is 9.66 Å². The number of aryl methyl sites for hydroxylation is 1. The second kappa shape index (κ2) is 11.1. The lowest BCUT2D eigenvalue weighted by molar-refractivity contribution is -0.149. The molecular formula is C24H26BrN3O5. The van der Waals surface area contributed by atoms with Crippen LogP contribution in [-0.2, 0) is 16.0 Å². The number of aromatic nitrogens is 2. The fourth-order valence-corrected chi connectivity index (χ4v) is 3.56. The topological polar surface area (TPSA) is 92.0 Å². The molecule has 0 spiro atoms. The monoisotopic (exact) mass is 515 g/mol. The van der Waals surface area contributed by atoms with Gasteiger partial charge >= 0.3 is 5.97 Å². The van der Waals surface area contributed by atoms with Crippen LogP contribution in [0.25, 0.3) is 10.9 Å². The van der Waals surface area contributed by atoms with Gasteiger partial charge in [-0.25, -0.2) is 9.78 Å². The second-order valence-corrected chi connectivity index (χ2v) is 8.42. The predicted molar refractivity (Wildman–Crippen MR) is 130 cm³/mol. The van der Waals surface area contributed by atoms with E-state index in [1.807, 2.05) is 13.0 Å². The molecule has 8 nitrogen and oxygen atoms in total. The number of halogens is 1. The average molecular weight is 516 g/mol. The molecule has 0 atom stereocenters. The van der Waals surface area contributed by atoms with Gasteiger partial charge in [-0.1, -0.05) is 28.9 Å². The van der Waals surface area contributed by atoms with Gasteiger partial charge in [-0.15, -0.1) is 0 Å². The molecule has 1 heterocycles. The van der Waals surface area contributed by atoms with Crippen molar-refractivity contribution < 1.29 is 19.0 Å². The van der Waals surface area contributed by atoms with Gasteiger partial charge in [0.25, 0.3) is 5.56 Å². The maximum absolute atomic E-state index is 13.2. The highest BCUT2D eigenvalue weighted by Gasteiger charge is 2.15. The minimum absolute atomic E-state index is 0.246. The summed E-state index contributed by atoms with van der Waals surface area (Å²) in [7, 11) is 1.50. The fourth-order valence-electron chi connectivity index (χ4n) is 3.20. The first-order valence-electron chi connectivity index (χ1n) is 10.6. The Kier molecular flexibility index (Phi) is 8.21. The molecule has 0 fully saturated rings. The molecule has 0 saturated heterocycles. The highest BCUT2D eigenvalue weighted by molar-refractivity contribution is 9.10. The van der Waals surface area contributed by atoms with Crippen molar-refractivity contribution in [2.24, 2.45) is 5.10 Å². The molecule has 0 saturated carbocycles. The van der Waals surface area contributed by atoms with Gasteiger partial charge in [0, 0.05) is 16.5 Å².